The predicted molar refractivity (Wildman–Crippen MR) is 65.0 cm³/mol. The van der Waals surface area contributed by atoms with Crippen LogP contribution in [0.3, 0.4) is 0 Å². The molecule has 1 rings (SSSR count). The Kier molecular flexibility index (Phi) is 4.95. The van der Waals surface area contributed by atoms with E-state index < -0.39 is 30.0 Å². The van der Waals surface area contributed by atoms with Crippen LogP contribution in [0.4, 0.5) is 13.2 Å². The average molecular weight is 306 g/mol. The Hall–Kier alpha value is -2.09. The minimum atomic E-state index is -5.35. The number of hydrogen-bond donors (Lipinski definition) is 1. The molecular weight excluding hydrogens is 293 g/mol. The molecule has 0 aliphatic rings. The Morgan fingerprint density at radius 1 is 1.19 bits per heavy atom. The van der Waals surface area contributed by atoms with Gasteiger partial charge in [0.25, 0.3) is 5.60 Å². The molecule has 0 spiro atoms. The summed E-state index contributed by atoms with van der Waals surface area (Å²) < 4.78 is 47.4. The fourth-order valence-corrected chi connectivity index (χ4v) is 1.66. The van der Waals surface area contributed by atoms with Crippen LogP contribution in [0.15, 0.2) is 24.3 Å². The van der Waals surface area contributed by atoms with Gasteiger partial charge in [-0.15, -0.1) is 0 Å². The maximum Gasteiger partial charge on any atom is 0.428 e. The van der Waals surface area contributed by atoms with Crippen LogP contribution in [0, 0.1) is 0 Å². The Morgan fingerprint density at radius 2 is 1.76 bits per heavy atom. The molecule has 1 atom stereocenters. The molecular formula is C13H13F3O5. The van der Waals surface area contributed by atoms with Crippen molar-refractivity contribution in [3.05, 3.63) is 29.8 Å². The molecule has 1 aromatic rings. The molecule has 1 aromatic carbocycles. The topological polar surface area (TPSA) is 72.8 Å². The molecule has 0 aliphatic heterocycles. The highest BCUT2D eigenvalue weighted by Gasteiger charge is 2.61. The van der Waals surface area contributed by atoms with Crippen molar-refractivity contribution in [1.82, 2.24) is 0 Å². The smallest absolute Gasteiger partial charge is 0.428 e. The summed E-state index contributed by atoms with van der Waals surface area (Å²) in [5.74, 6) is -3.01. The molecule has 116 valence electrons. The Labute approximate surface area is 118 Å². The van der Waals surface area contributed by atoms with Crippen molar-refractivity contribution in [3.63, 3.8) is 0 Å². The number of hydrogen-bond acceptors (Lipinski definition) is 5. The van der Waals surface area contributed by atoms with E-state index >= 15 is 0 Å². The largest absolute Gasteiger partial charge is 0.496 e. The number of alkyl halides is 3. The van der Waals surface area contributed by atoms with Crippen molar-refractivity contribution in [2.45, 2.75) is 18.2 Å². The number of Topliss-reactive ketones (excluding diaryl/α,β-unsaturated/α-hetero) is 1. The minimum absolute atomic E-state index is 0.0388. The summed E-state index contributed by atoms with van der Waals surface area (Å²) in [4.78, 5) is 23.2. The second-order valence-corrected chi connectivity index (χ2v) is 4.15. The van der Waals surface area contributed by atoms with Crippen LogP contribution in [0.5, 0.6) is 5.75 Å². The number of carbonyl (C=O) groups excluding carboxylic acids is 2. The summed E-state index contributed by atoms with van der Waals surface area (Å²) in [6.45, 7) is 0. The van der Waals surface area contributed by atoms with E-state index in [1.807, 2.05) is 0 Å². The van der Waals surface area contributed by atoms with Gasteiger partial charge in [0.15, 0.2) is 5.78 Å². The van der Waals surface area contributed by atoms with Crippen LogP contribution in [-0.4, -0.2) is 42.9 Å². The molecule has 5 nitrogen and oxygen atoms in total. The molecule has 0 saturated carbocycles. The van der Waals surface area contributed by atoms with Gasteiger partial charge in [-0.05, 0) is 12.1 Å². The number of ketones is 1. The summed E-state index contributed by atoms with van der Waals surface area (Å²) in [5, 5.41) is 9.55. The van der Waals surface area contributed by atoms with Crippen molar-refractivity contribution in [3.8, 4) is 5.75 Å². The molecule has 0 saturated heterocycles. The SMILES string of the molecule is COC(=O)[C@](O)(CC(=O)c1ccccc1OC)C(F)(F)F. The summed E-state index contributed by atoms with van der Waals surface area (Å²) in [5.41, 5.74) is -4.08. The van der Waals surface area contributed by atoms with Gasteiger partial charge in [0.05, 0.1) is 26.2 Å². The average Bonchev–Trinajstić information content (AvgIpc) is 2.44. The third kappa shape index (κ3) is 3.33. The number of rotatable bonds is 5. The van der Waals surface area contributed by atoms with E-state index in [-0.39, 0.29) is 11.3 Å². The molecule has 0 fully saturated rings. The van der Waals surface area contributed by atoms with Crippen molar-refractivity contribution >= 4 is 11.8 Å². The standard InChI is InChI=1S/C13H13F3O5/c1-20-10-6-4-3-5-8(10)9(17)7-12(19,11(18)21-2)13(14,15)16/h3-6,19H,7H2,1-2H3/t12-/m1/s1. The molecule has 0 bridgehead atoms. The Balaban J connectivity index is 3.16. The fourth-order valence-electron chi connectivity index (χ4n) is 1.66. The quantitative estimate of drug-likeness (QED) is 0.662. The number of ether oxygens (including phenoxy) is 2. The summed E-state index contributed by atoms with van der Waals surface area (Å²) >= 11 is 0. The molecule has 8 heteroatoms. The van der Waals surface area contributed by atoms with Gasteiger partial charge in [0, 0.05) is 0 Å². The van der Waals surface area contributed by atoms with Crippen LogP contribution >= 0.6 is 0 Å². The van der Waals surface area contributed by atoms with Gasteiger partial charge < -0.3 is 14.6 Å². The first-order valence-electron chi connectivity index (χ1n) is 5.71. The number of benzene rings is 1. The predicted octanol–water partition coefficient (Wildman–Crippen LogP) is 1.73. The summed E-state index contributed by atoms with van der Waals surface area (Å²) in [6, 6.07) is 5.54. The third-order valence-corrected chi connectivity index (χ3v) is 2.82. The van der Waals surface area contributed by atoms with Gasteiger partial charge in [-0.2, -0.15) is 13.2 Å². The zero-order valence-electron chi connectivity index (χ0n) is 11.2. The number of para-hydroxylation sites is 1. The molecule has 0 radical (unpaired) electrons. The second-order valence-electron chi connectivity index (χ2n) is 4.15. The van der Waals surface area contributed by atoms with E-state index in [2.05, 4.69) is 4.74 Å². The van der Waals surface area contributed by atoms with E-state index in [1.165, 1.54) is 31.4 Å². The molecule has 0 aliphatic carbocycles. The van der Waals surface area contributed by atoms with Gasteiger partial charge in [-0.25, -0.2) is 4.79 Å². The zero-order chi connectivity index (χ0) is 16.3. The number of halogens is 3. The van der Waals surface area contributed by atoms with Crippen molar-refractivity contribution in [2.75, 3.05) is 14.2 Å². The third-order valence-electron chi connectivity index (χ3n) is 2.82. The van der Waals surface area contributed by atoms with E-state index in [0.717, 1.165) is 0 Å². The first kappa shape index (κ1) is 17.0. The molecule has 0 aromatic heterocycles. The highest BCUT2D eigenvalue weighted by molar-refractivity contribution is 6.02. The van der Waals surface area contributed by atoms with Crippen molar-refractivity contribution in [1.29, 1.82) is 0 Å². The van der Waals surface area contributed by atoms with Crippen LogP contribution in [0.2, 0.25) is 0 Å². The number of methoxy groups -OCH3 is 2. The van der Waals surface area contributed by atoms with Gasteiger partial charge in [-0.3, -0.25) is 4.79 Å². The van der Waals surface area contributed by atoms with E-state index in [4.69, 9.17) is 4.74 Å². The van der Waals surface area contributed by atoms with Crippen molar-refractivity contribution < 1.29 is 37.3 Å². The van der Waals surface area contributed by atoms with Crippen LogP contribution in [0.1, 0.15) is 16.8 Å². The van der Waals surface area contributed by atoms with Gasteiger partial charge in [-0.1, -0.05) is 12.1 Å². The molecule has 21 heavy (non-hydrogen) atoms. The molecule has 0 unspecified atom stereocenters. The van der Waals surface area contributed by atoms with E-state index in [9.17, 15) is 27.9 Å². The highest BCUT2D eigenvalue weighted by atomic mass is 19.4. The lowest BCUT2D eigenvalue weighted by molar-refractivity contribution is -0.260. The van der Waals surface area contributed by atoms with Gasteiger partial charge >= 0.3 is 12.1 Å². The van der Waals surface area contributed by atoms with Crippen LogP contribution < -0.4 is 4.74 Å². The van der Waals surface area contributed by atoms with Crippen molar-refractivity contribution in [2.24, 2.45) is 0 Å². The summed E-state index contributed by atoms with van der Waals surface area (Å²) in [6.07, 6.45) is -6.85. The lowest BCUT2D eigenvalue weighted by Crippen LogP contribution is -2.54. The molecule has 1 N–H and O–H groups in total. The Bertz CT molecular complexity index is 541. The van der Waals surface area contributed by atoms with Crippen LogP contribution in [0.25, 0.3) is 0 Å². The first-order valence-corrected chi connectivity index (χ1v) is 5.71. The number of aliphatic hydroxyl groups is 1. The van der Waals surface area contributed by atoms with E-state index in [1.54, 1.807) is 0 Å². The van der Waals surface area contributed by atoms with Crippen LogP contribution in [-0.2, 0) is 9.53 Å². The van der Waals surface area contributed by atoms with E-state index in [0.29, 0.717) is 7.11 Å². The van der Waals surface area contributed by atoms with Gasteiger partial charge in [0.1, 0.15) is 5.75 Å². The maximum absolute atomic E-state index is 12.9. The maximum atomic E-state index is 12.9. The zero-order valence-corrected chi connectivity index (χ0v) is 11.2. The lowest BCUT2D eigenvalue weighted by Gasteiger charge is -2.27. The molecule has 0 heterocycles. The molecule has 0 amide bonds. The Morgan fingerprint density at radius 3 is 2.24 bits per heavy atom. The number of carbonyl (C=O) groups is 2. The monoisotopic (exact) mass is 306 g/mol. The normalized spacial score (nSPS) is 14.2. The summed E-state index contributed by atoms with van der Waals surface area (Å²) in [7, 11) is 1.93. The fraction of sp³-hybridized carbons (Fsp3) is 0.385. The second kappa shape index (κ2) is 6.13. The number of esters is 1. The minimum Gasteiger partial charge on any atom is -0.496 e. The lowest BCUT2D eigenvalue weighted by atomic mass is 9.93. The van der Waals surface area contributed by atoms with Gasteiger partial charge in [0.2, 0.25) is 0 Å². The highest BCUT2D eigenvalue weighted by Crippen LogP contribution is 2.36. The first-order chi connectivity index (χ1) is 9.67.